The predicted octanol–water partition coefficient (Wildman–Crippen LogP) is 2.87. The smallest absolute Gasteiger partial charge is 0.247 e. The number of likely N-dealkylation sites (N-methyl/N-ethyl adjacent to an activating group) is 1. The summed E-state index contributed by atoms with van der Waals surface area (Å²) in [4.78, 5) is 13.5. The number of hydrogen-bond acceptors (Lipinski definition) is 5. The van der Waals surface area contributed by atoms with Crippen molar-refractivity contribution in [1.82, 2.24) is 9.21 Å². The van der Waals surface area contributed by atoms with Gasteiger partial charge in [0.25, 0.3) is 0 Å². The molecule has 0 bridgehead atoms. The number of hydrogen-bond donors (Lipinski definition) is 1. The van der Waals surface area contributed by atoms with Gasteiger partial charge in [-0.2, -0.15) is 4.31 Å². The zero-order chi connectivity index (χ0) is 24.2. The van der Waals surface area contributed by atoms with Crippen LogP contribution in [0, 0.1) is 23.7 Å². The van der Waals surface area contributed by atoms with Gasteiger partial charge in [-0.05, 0) is 38.0 Å². The van der Waals surface area contributed by atoms with E-state index in [2.05, 4.69) is 11.8 Å². The summed E-state index contributed by atoms with van der Waals surface area (Å²) in [6, 6.07) is 4.39. The monoisotopic (exact) mass is 476 g/mol. The Morgan fingerprint density at radius 2 is 2.00 bits per heavy atom. The van der Waals surface area contributed by atoms with Crippen molar-refractivity contribution in [1.29, 1.82) is 0 Å². The van der Waals surface area contributed by atoms with E-state index in [-0.39, 0.29) is 35.6 Å². The summed E-state index contributed by atoms with van der Waals surface area (Å²) >= 11 is 0. The number of carbonyl (C=O) groups excluding carboxylic acids is 1. The minimum atomic E-state index is -3.89. The molecule has 1 heterocycles. The van der Waals surface area contributed by atoms with Crippen LogP contribution >= 0.6 is 0 Å². The number of amides is 1. The van der Waals surface area contributed by atoms with Gasteiger partial charge in [-0.25, -0.2) is 8.42 Å². The Bertz CT molecular complexity index is 1010. The molecule has 0 spiro atoms. The maximum atomic E-state index is 13.5. The average molecular weight is 477 g/mol. The predicted molar refractivity (Wildman–Crippen MR) is 127 cm³/mol. The van der Waals surface area contributed by atoms with Gasteiger partial charge >= 0.3 is 0 Å². The van der Waals surface area contributed by atoms with Gasteiger partial charge < -0.3 is 14.7 Å². The molecule has 0 saturated heterocycles. The molecular formula is C25H36N2O5S. The molecule has 182 valence electrons. The van der Waals surface area contributed by atoms with Crippen LogP contribution in [0.4, 0.5) is 0 Å². The molecule has 1 saturated carbocycles. The average Bonchev–Trinajstić information content (AvgIpc) is 2.79. The second-order valence-corrected chi connectivity index (χ2v) is 11.3. The molecule has 0 unspecified atom stereocenters. The molecule has 8 heteroatoms. The van der Waals surface area contributed by atoms with E-state index in [9.17, 15) is 18.3 Å². The molecule has 3 rings (SSSR count). The van der Waals surface area contributed by atoms with Crippen LogP contribution in [0.5, 0.6) is 5.75 Å². The van der Waals surface area contributed by atoms with Crippen molar-refractivity contribution in [3.05, 3.63) is 23.8 Å². The molecule has 1 N–H and O–H groups in total. The number of benzene rings is 1. The molecule has 0 aromatic heterocycles. The zero-order valence-corrected chi connectivity index (χ0v) is 20.9. The summed E-state index contributed by atoms with van der Waals surface area (Å²) in [5, 5.41) is 9.73. The zero-order valence-electron chi connectivity index (χ0n) is 20.1. The number of nitrogens with zero attached hydrogens (tertiary/aromatic N) is 2. The van der Waals surface area contributed by atoms with Gasteiger partial charge in [0.15, 0.2) is 0 Å². The van der Waals surface area contributed by atoms with Gasteiger partial charge in [-0.3, -0.25) is 4.79 Å². The van der Waals surface area contributed by atoms with E-state index in [1.807, 2.05) is 6.92 Å². The van der Waals surface area contributed by atoms with Crippen LogP contribution < -0.4 is 4.74 Å². The minimum Gasteiger partial charge on any atom is -0.487 e. The standard InChI is InChI=1S/C25H36N2O5S/c1-18-15-27(19(2)17-28)33(30,31)25-13-12-22(11-10-21-8-6-5-7-9-21)14-23(25)32-24(18)16-26(4)20(3)29/h12-14,18-19,21,24,28H,5-9,15-17H2,1-4H3/t18-,19+,24+/m0/s1. The van der Waals surface area contributed by atoms with Crippen molar-refractivity contribution >= 4 is 15.9 Å². The van der Waals surface area contributed by atoms with Gasteiger partial charge in [-0.1, -0.05) is 38.0 Å². The Kier molecular flexibility index (Phi) is 8.43. The maximum Gasteiger partial charge on any atom is 0.247 e. The lowest BCUT2D eigenvalue weighted by molar-refractivity contribution is -0.129. The summed E-state index contributed by atoms with van der Waals surface area (Å²) in [7, 11) is -2.18. The van der Waals surface area contributed by atoms with Crippen molar-refractivity contribution in [2.45, 2.75) is 69.9 Å². The summed E-state index contributed by atoms with van der Waals surface area (Å²) in [5.41, 5.74) is 0.711. The Hall–Kier alpha value is -2.08. The quantitative estimate of drug-likeness (QED) is 0.676. The van der Waals surface area contributed by atoms with Crippen LogP contribution in [0.1, 0.15) is 58.4 Å². The Labute approximate surface area is 198 Å². The third-order valence-corrected chi connectivity index (χ3v) is 8.70. The second-order valence-electron chi connectivity index (χ2n) is 9.41. The number of aliphatic hydroxyl groups is 1. The van der Waals surface area contributed by atoms with Gasteiger partial charge in [0.2, 0.25) is 15.9 Å². The Balaban J connectivity index is 2.02. The maximum absolute atomic E-state index is 13.5. The molecule has 1 aliphatic carbocycles. The Morgan fingerprint density at radius 1 is 1.30 bits per heavy atom. The summed E-state index contributed by atoms with van der Waals surface area (Å²) in [6.45, 7) is 5.31. The molecule has 1 aromatic carbocycles. The third-order valence-electron chi connectivity index (χ3n) is 6.68. The van der Waals surface area contributed by atoms with Crippen molar-refractivity contribution < 1.29 is 23.1 Å². The number of rotatable bonds is 4. The molecule has 3 atom stereocenters. The number of sulfonamides is 1. The largest absolute Gasteiger partial charge is 0.487 e. The van der Waals surface area contributed by atoms with Crippen LogP contribution in [-0.4, -0.2) is 67.5 Å². The molecular weight excluding hydrogens is 440 g/mol. The van der Waals surface area contributed by atoms with E-state index in [1.54, 1.807) is 37.1 Å². The molecule has 1 aliphatic heterocycles. The summed E-state index contributed by atoms with van der Waals surface area (Å²) in [6.07, 6.45) is 5.46. The normalized spacial score (nSPS) is 24.3. The number of ether oxygens (including phenoxy) is 1. The lowest BCUT2D eigenvalue weighted by Gasteiger charge is -2.37. The molecule has 33 heavy (non-hydrogen) atoms. The molecule has 0 radical (unpaired) electrons. The first-order valence-electron chi connectivity index (χ1n) is 11.8. The van der Waals surface area contributed by atoms with E-state index in [1.165, 1.54) is 30.5 Å². The highest BCUT2D eigenvalue weighted by molar-refractivity contribution is 7.89. The second kappa shape index (κ2) is 10.9. The topological polar surface area (TPSA) is 87.2 Å². The van der Waals surface area contributed by atoms with Crippen molar-refractivity contribution in [2.24, 2.45) is 11.8 Å². The van der Waals surface area contributed by atoms with E-state index >= 15 is 0 Å². The highest BCUT2D eigenvalue weighted by Crippen LogP contribution is 2.34. The van der Waals surface area contributed by atoms with E-state index in [0.29, 0.717) is 18.0 Å². The minimum absolute atomic E-state index is 0.0633. The van der Waals surface area contributed by atoms with Crippen LogP contribution in [0.25, 0.3) is 0 Å². The summed E-state index contributed by atoms with van der Waals surface area (Å²) in [5.74, 6) is 6.89. The summed E-state index contributed by atoms with van der Waals surface area (Å²) < 4.78 is 34.6. The fraction of sp³-hybridized carbons (Fsp3) is 0.640. The SMILES string of the molecule is CC(=O)N(C)C[C@H]1Oc2cc(C#CC3CCCCC3)ccc2S(=O)(=O)N([C@H](C)CO)C[C@@H]1C. The highest BCUT2D eigenvalue weighted by Gasteiger charge is 2.38. The van der Waals surface area contributed by atoms with Crippen LogP contribution in [-0.2, 0) is 14.8 Å². The van der Waals surface area contributed by atoms with Crippen LogP contribution in [0.15, 0.2) is 23.1 Å². The Morgan fingerprint density at radius 3 is 2.64 bits per heavy atom. The van der Waals surface area contributed by atoms with E-state index in [4.69, 9.17) is 4.74 Å². The van der Waals surface area contributed by atoms with Crippen molar-refractivity contribution in [2.75, 3.05) is 26.7 Å². The van der Waals surface area contributed by atoms with Crippen LogP contribution in [0.2, 0.25) is 0 Å². The van der Waals surface area contributed by atoms with E-state index in [0.717, 1.165) is 12.8 Å². The third kappa shape index (κ3) is 6.08. The lowest BCUT2D eigenvalue weighted by Crippen LogP contribution is -2.50. The van der Waals surface area contributed by atoms with Gasteiger partial charge in [0, 0.05) is 44.0 Å². The van der Waals surface area contributed by atoms with E-state index < -0.39 is 22.2 Å². The fourth-order valence-electron chi connectivity index (χ4n) is 4.35. The van der Waals surface area contributed by atoms with Gasteiger partial charge in [-0.15, -0.1) is 0 Å². The molecule has 1 aromatic rings. The fourth-order valence-corrected chi connectivity index (χ4v) is 6.18. The number of carbonyl (C=O) groups is 1. The first-order valence-corrected chi connectivity index (χ1v) is 13.2. The van der Waals surface area contributed by atoms with Gasteiger partial charge in [0.1, 0.15) is 16.7 Å². The molecule has 7 nitrogen and oxygen atoms in total. The van der Waals surface area contributed by atoms with Gasteiger partial charge in [0.05, 0.1) is 13.2 Å². The highest BCUT2D eigenvalue weighted by atomic mass is 32.2. The number of fused-ring (bicyclic) bond motifs is 1. The molecule has 1 fully saturated rings. The van der Waals surface area contributed by atoms with Crippen molar-refractivity contribution in [3.63, 3.8) is 0 Å². The molecule has 1 amide bonds. The van der Waals surface area contributed by atoms with Crippen LogP contribution in [0.3, 0.4) is 0 Å². The van der Waals surface area contributed by atoms with Crippen molar-refractivity contribution in [3.8, 4) is 17.6 Å². The lowest BCUT2D eigenvalue weighted by atomic mass is 9.90. The first kappa shape index (κ1) is 25.5. The molecule has 2 aliphatic rings. The first-order chi connectivity index (χ1) is 15.6. The number of aliphatic hydroxyl groups excluding tert-OH is 1.